The molecule has 0 spiro atoms. The van der Waals surface area contributed by atoms with Crippen LogP contribution in [0.2, 0.25) is 0 Å². The van der Waals surface area contributed by atoms with E-state index in [0.29, 0.717) is 18.6 Å². The summed E-state index contributed by atoms with van der Waals surface area (Å²) in [5, 5.41) is 0. The van der Waals surface area contributed by atoms with Crippen molar-refractivity contribution in [3.8, 4) is 0 Å². The molecule has 0 saturated heterocycles. The third kappa shape index (κ3) is 13.6. The number of carbonyl (C=O) groups is 1. The molecule has 0 aromatic carbocycles. The van der Waals surface area contributed by atoms with Crippen LogP contribution in [-0.2, 0) is 4.79 Å². The molecule has 1 heteroatoms. The monoisotopic (exact) mass is 302 g/mol. The van der Waals surface area contributed by atoms with E-state index in [0.717, 1.165) is 25.7 Å². The lowest BCUT2D eigenvalue weighted by atomic mass is 10.1. The Labute approximate surface area is 137 Å². The van der Waals surface area contributed by atoms with Crippen molar-refractivity contribution in [2.75, 3.05) is 0 Å². The van der Waals surface area contributed by atoms with Crippen LogP contribution < -0.4 is 0 Å². The van der Waals surface area contributed by atoms with Gasteiger partial charge in [-0.05, 0) is 67.2 Å². The molecule has 124 valence electrons. The van der Waals surface area contributed by atoms with Gasteiger partial charge in [0.2, 0.25) is 0 Å². The average Bonchev–Trinajstić information content (AvgIpc) is 2.42. The van der Waals surface area contributed by atoms with Gasteiger partial charge in [0.1, 0.15) is 5.78 Å². The average molecular weight is 303 g/mol. The van der Waals surface area contributed by atoms with E-state index in [9.17, 15) is 4.79 Å². The van der Waals surface area contributed by atoms with Crippen LogP contribution in [0.3, 0.4) is 0 Å². The molecule has 0 rings (SSSR count). The van der Waals surface area contributed by atoms with Crippen molar-refractivity contribution in [1.29, 1.82) is 0 Å². The first-order valence-electron chi connectivity index (χ1n) is 8.41. The Morgan fingerprint density at radius 3 is 1.32 bits per heavy atom. The Balaban J connectivity index is 4.07. The summed E-state index contributed by atoms with van der Waals surface area (Å²) in [5.41, 5.74) is 5.35. The van der Waals surface area contributed by atoms with Gasteiger partial charge in [0.05, 0.1) is 0 Å². The number of hydrogen-bond acceptors (Lipinski definition) is 1. The highest BCUT2D eigenvalue weighted by atomic mass is 16.1. The van der Waals surface area contributed by atoms with Crippen LogP contribution >= 0.6 is 0 Å². The molecule has 0 aliphatic heterocycles. The van der Waals surface area contributed by atoms with Crippen molar-refractivity contribution in [2.45, 2.75) is 80.1 Å². The van der Waals surface area contributed by atoms with Gasteiger partial charge in [-0.25, -0.2) is 0 Å². The summed E-state index contributed by atoms with van der Waals surface area (Å²) in [6.07, 6.45) is 14.1. The van der Waals surface area contributed by atoms with E-state index in [4.69, 9.17) is 0 Å². The summed E-state index contributed by atoms with van der Waals surface area (Å²) in [7, 11) is 0. The molecule has 0 N–H and O–H groups in total. The van der Waals surface area contributed by atoms with Crippen molar-refractivity contribution in [3.63, 3.8) is 0 Å². The fourth-order valence-electron chi connectivity index (χ4n) is 2.04. The summed E-state index contributed by atoms with van der Waals surface area (Å²) >= 11 is 0. The second-order valence-corrected chi connectivity index (χ2v) is 6.69. The molecule has 22 heavy (non-hydrogen) atoms. The van der Waals surface area contributed by atoms with E-state index in [1.54, 1.807) is 0 Å². The van der Waals surface area contributed by atoms with Crippen LogP contribution in [0.15, 0.2) is 46.6 Å². The van der Waals surface area contributed by atoms with Crippen LogP contribution in [0, 0.1) is 0 Å². The van der Waals surface area contributed by atoms with Crippen molar-refractivity contribution < 1.29 is 4.79 Å². The quantitative estimate of drug-likeness (QED) is 0.409. The van der Waals surface area contributed by atoms with Crippen molar-refractivity contribution in [2.24, 2.45) is 0 Å². The Kier molecular flexibility index (Phi) is 11.4. The third-order valence-corrected chi connectivity index (χ3v) is 3.54. The zero-order valence-electron chi connectivity index (χ0n) is 15.5. The zero-order chi connectivity index (χ0) is 17.0. The molecule has 0 bridgehead atoms. The minimum absolute atomic E-state index is 0.308. The van der Waals surface area contributed by atoms with Gasteiger partial charge < -0.3 is 0 Å². The van der Waals surface area contributed by atoms with E-state index in [-0.39, 0.29) is 0 Å². The van der Waals surface area contributed by atoms with E-state index in [1.165, 1.54) is 22.3 Å². The van der Waals surface area contributed by atoms with Gasteiger partial charge in [-0.15, -0.1) is 0 Å². The lowest BCUT2D eigenvalue weighted by molar-refractivity contribution is -0.117. The lowest BCUT2D eigenvalue weighted by Gasteiger charge is -2.01. The van der Waals surface area contributed by atoms with Crippen LogP contribution in [0.1, 0.15) is 80.1 Å². The number of ketones is 1. The molecule has 0 saturated carbocycles. The predicted molar refractivity (Wildman–Crippen MR) is 99.1 cm³/mol. The highest BCUT2D eigenvalue weighted by molar-refractivity contribution is 5.81. The smallest absolute Gasteiger partial charge is 0.140 e. The molecular weight excluding hydrogens is 268 g/mol. The Bertz CT molecular complexity index is 408. The Morgan fingerprint density at radius 1 is 0.636 bits per heavy atom. The summed E-state index contributed by atoms with van der Waals surface area (Å²) < 4.78 is 0. The molecule has 0 unspecified atom stereocenters. The summed E-state index contributed by atoms with van der Waals surface area (Å²) in [6.45, 7) is 12.7. The number of carbonyl (C=O) groups excluding carboxylic acids is 1. The molecule has 0 aliphatic rings. The van der Waals surface area contributed by atoms with E-state index >= 15 is 0 Å². The highest BCUT2D eigenvalue weighted by Crippen LogP contribution is 2.10. The van der Waals surface area contributed by atoms with Crippen molar-refractivity contribution in [3.05, 3.63) is 46.6 Å². The van der Waals surface area contributed by atoms with Crippen molar-refractivity contribution in [1.82, 2.24) is 0 Å². The summed E-state index contributed by atoms with van der Waals surface area (Å²) in [6, 6.07) is 0. The van der Waals surface area contributed by atoms with Gasteiger partial charge in [-0.3, -0.25) is 4.79 Å². The molecule has 0 fully saturated rings. The molecule has 0 radical (unpaired) electrons. The topological polar surface area (TPSA) is 17.1 Å². The van der Waals surface area contributed by atoms with Crippen LogP contribution in [0.5, 0.6) is 0 Å². The summed E-state index contributed by atoms with van der Waals surface area (Å²) in [4.78, 5) is 11.9. The van der Waals surface area contributed by atoms with E-state index in [1.807, 2.05) is 0 Å². The minimum Gasteiger partial charge on any atom is -0.299 e. The second kappa shape index (κ2) is 12.2. The molecule has 1 nitrogen and oxygen atoms in total. The van der Waals surface area contributed by atoms with Crippen molar-refractivity contribution >= 4 is 5.78 Å². The first-order valence-corrected chi connectivity index (χ1v) is 8.41. The lowest BCUT2D eigenvalue weighted by Crippen LogP contribution is -1.94. The number of hydrogen-bond donors (Lipinski definition) is 0. The molecule has 0 heterocycles. The van der Waals surface area contributed by atoms with E-state index in [2.05, 4.69) is 65.8 Å². The minimum atomic E-state index is 0.308. The SMILES string of the molecule is CC(C)=CCC/C(C)=C\CC(=O)C/C=C(/C)CCC=C(C)C. The van der Waals surface area contributed by atoms with Gasteiger partial charge in [0, 0.05) is 12.8 Å². The highest BCUT2D eigenvalue weighted by Gasteiger charge is 1.99. The Morgan fingerprint density at radius 2 is 1.00 bits per heavy atom. The van der Waals surface area contributed by atoms with Gasteiger partial charge in [0.15, 0.2) is 0 Å². The van der Waals surface area contributed by atoms with Gasteiger partial charge in [0.25, 0.3) is 0 Å². The molecule has 0 aromatic rings. The molecule has 0 atom stereocenters. The predicted octanol–water partition coefficient (Wildman–Crippen LogP) is 6.72. The fourth-order valence-corrected chi connectivity index (χ4v) is 2.04. The van der Waals surface area contributed by atoms with Gasteiger partial charge in [-0.1, -0.05) is 46.6 Å². The number of rotatable bonds is 10. The van der Waals surface area contributed by atoms with Crippen LogP contribution in [-0.4, -0.2) is 5.78 Å². The maximum absolute atomic E-state index is 11.9. The Hall–Kier alpha value is -1.37. The maximum Gasteiger partial charge on any atom is 0.140 e. The number of allylic oxidation sites excluding steroid dienone is 8. The standard InChI is InChI=1S/C21H34O/c1-17(2)9-7-11-19(5)13-15-21(22)16-14-20(6)12-8-10-18(3)4/h9-10,13-14H,7-8,11-12,15-16H2,1-6H3/b19-13-,20-14-. The second-order valence-electron chi connectivity index (χ2n) is 6.69. The maximum atomic E-state index is 11.9. The van der Waals surface area contributed by atoms with Gasteiger partial charge >= 0.3 is 0 Å². The largest absolute Gasteiger partial charge is 0.299 e. The molecule has 0 amide bonds. The van der Waals surface area contributed by atoms with E-state index < -0.39 is 0 Å². The van der Waals surface area contributed by atoms with Crippen LogP contribution in [0.4, 0.5) is 0 Å². The summed E-state index contributed by atoms with van der Waals surface area (Å²) in [5.74, 6) is 0.308. The number of Topliss-reactive ketones (excluding diaryl/α,β-unsaturated/α-hetero) is 1. The molecule has 0 aliphatic carbocycles. The first-order chi connectivity index (χ1) is 10.3. The molecular formula is C21H34O. The van der Waals surface area contributed by atoms with Crippen LogP contribution in [0.25, 0.3) is 0 Å². The third-order valence-electron chi connectivity index (χ3n) is 3.54. The zero-order valence-corrected chi connectivity index (χ0v) is 15.5. The van der Waals surface area contributed by atoms with Gasteiger partial charge in [-0.2, -0.15) is 0 Å². The first kappa shape index (κ1) is 20.6. The molecule has 0 aromatic heterocycles. The fraction of sp³-hybridized carbons (Fsp3) is 0.571. The normalized spacial score (nSPS) is 12.1.